The summed E-state index contributed by atoms with van der Waals surface area (Å²) in [6.45, 7) is 0.0404. The first-order valence-corrected chi connectivity index (χ1v) is 7.69. The number of hydrogen-bond donors (Lipinski definition) is 2. The van der Waals surface area contributed by atoms with Crippen LogP contribution in [0, 0.1) is 0 Å². The van der Waals surface area contributed by atoms with Crippen LogP contribution in [0.4, 0.5) is 4.79 Å². The molecule has 0 fully saturated rings. The monoisotopic (exact) mass is 336 g/mol. The molecular formula is C18H16N4O3. The van der Waals surface area contributed by atoms with Crippen LogP contribution in [0.1, 0.15) is 5.56 Å². The van der Waals surface area contributed by atoms with Crippen molar-refractivity contribution >= 4 is 23.0 Å². The van der Waals surface area contributed by atoms with Crippen LogP contribution in [-0.2, 0) is 17.9 Å². The summed E-state index contributed by atoms with van der Waals surface area (Å²) in [4.78, 5) is 39.9. The Morgan fingerprint density at radius 2 is 1.72 bits per heavy atom. The number of imide groups is 1. The Balaban J connectivity index is 1.64. The third-order valence-electron chi connectivity index (χ3n) is 3.60. The number of urea groups is 1. The van der Waals surface area contributed by atoms with Crippen LogP contribution in [0.3, 0.4) is 0 Å². The predicted molar refractivity (Wildman–Crippen MR) is 92.8 cm³/mol. The Hall–Kier alpha value is -3.48. The third-order valence-corrected chi connectivity index (χ3v) is 3.60. The van der Waals surface area contributed by atoms with Gasteiger partial charge < -0.3 is 5.32 Å². The number of aromatic nitrogens is 2. The average Bonchev–Trinajstić information content (AvgIpc) is 2.63. The summed E-state index contributed by atoms with van der Waals surface area (Å²) in [5, 5.41) is 4.82. The Bertz CT molecular complexity index is 967. The Labute approximate surface area is 143 Å². The summed E-state index contributed by atoms with van der Waals surface area (Å²) >= 11 is 0. The summed E-state index contributed by atoms with van der Waals surface area (Å²) in [6.07, 6.45) is 1.16. The molecule has 1 aromatic heterocycles. The van der Waals surface area contributed by atoms with E-state index in [0.717, 1.165) is 11.8 Å². The van der Waals surface area contributed by atoms with E-state index in [9.17, 15) is 14.4 Å². The largest absolute Gasteiger partial charge is 0.334 e. The van der Waals surface area contributed by atoms with E-state index in [4.69, 9.17) is 0 Å². The van der Waals surface area contributed by atoms with Crippen LogP contribution in [0.25, 0.3) is 11.0 Å². The fourth-order valence-corrected chi connectivity index (χ4v) is 2.41. The molecule has 0 spiro atoms. The molecule has 0 radical (unpaired) electrons. The number of amides is 3. The fraction of sp³-hybridized carbons (Fsp3) is 0.111. The lowest BCUT2D eigenvalue weighted by Gasteiger charge is -2.10. The standard InChI is InChI=1S/C18H16N4O3/c23-16(21-18(25)20-10-13-6-2-1-3-7-13)12-22-15-9-5-4-8-14(15)19-11-17(22)24/h1-9,11H,10,12H2,(H2,20,21,23,25). The van der Waals surface area contributed by atoms with Crippen LogP contribution >= 0.6 is 0 Å². The van der Waals surface area contributed by atoms with E-state index >= 15 is 0 Å². The summed E-state index contributed by atoms with van der Waals surface area (Å²) < 4.78 is 1.28. The highest BCUT2D eigenvalue weighted by molar-refractivity contribution is 5.94. The SMILES string of the molecule is O=C(Cn1c(=O)cnc2ccccc21)NC(=O)NCc1ccccc1. The van der Waals surface area contributed by atoms with Gasteiger partial charge in [0.05, 0.1) is 17.2 Å². The molecule has 0 bridgehead atoms. The molecule has 2 N–H and O–H groups in total. The zero-order chi connectivity index (χ0) is 17.6. The van der Waals surface area contributed by atoms with Gasteiger partial charge in [-0.1, -0.05) is 42.5 Å². The molecule has 3 amide bonds. The van der Waals surface area contributed by atoms with Gasteiger partial charge in [-0.3, -0.25) is 19.5 Å². The van der Waals surface area contributed by atoms with Crippen LogP contribution in [0.5, 0.6) is 0 Å². The predicted octanol–water partition coefficient (Wildman–Crippen LogP) is 1.42. The Kier molecular flexibility index (Phi) is 4.84. The van der Waals surface area contributed by atoms with Gasteiger partial charge in [0.15, 0.2) is 0 Å². The molecule has 0 saturated carbocycles. The minimum Gasteiger partial charge on any atom is -0.334 e. The number of nitrogens with one attached hydrogen (secondary N) is 2. The quantitative estimate of drug-likeness (QED) is 0.753. The molecule has 0 atom stereocenters. The van der Waals surface area contributed by atoms with Gasteiger partial charge in [-0.15, -0.1) is 0 Å². The Morgan fingerprint density at radius 1 is 1.00 bits per heavy atom. The summed E-state index contributed by atoms with van der Waals surface area (Å²) in [5.74, 6) is -0.580. The molecule has 25 heavy (non-hydrogen) atoms. The van der Waals surface area contributed by atoms with Gasteiger partial charge in [-0.25, -0.2) is 9.78 Å². The number of nitrogens with zero attached hydrogens (tertiary/aromatic N) is 2. The molecule has 0 aliphatic rings. The van der Waals surface area contributed by atoms with Crippen molar-refractivity contribution in [1.29, 1.82) is 0 Å². The maximum Gasteiger partial charge on any atom is 0.321 e. The third kappa shape index (κ3) is 4.08. The second kappa shape index (κ2) is 7.39. The van der Waals surface area contributed by atoms with Gasteiger partial charge in [-0.2, -0.15) is 0 Å². The highest BCUT2D eigenvalue weighted by Gasteiger charge is 2.11. The zero-order valence-corrected chi connectivity index (χ0v) is 13.3. The topological polar surface area (TPSA) is 93.1 Å². The highest BCUT2D eigenvalue weighted by atomic mass is 16.2. The van der Waals surface area contributed by atoms with Crippen molar-refractivity contribution in [2.75, 3.05) is 0 Å². The lowest BCUT2D eigenvalue weighted by Crippen LogP contribution is -2.41. The average molecular weight is 336 g/mol. The number of hydrogen-bond acceptors (Lipinski definition) is 4. The molecule has 0 unspecified atom stereocenters. The molecule has 3 rings (SSSR count). The second-order valence-electron chi connectivity index (χ2n) is 5.39. The minimum absolute atomic E-state index is 0.263. The number of fused-ring (bicyclic) bond motifs is 1. The molecule has 7 heteroatoms. The number of rotatable bonds is 4. The van der Waals surface area contributed by atoms with E-state index in [1.54, 1.807) is 24.3 Å². The maximum absolute atomic E-state index is 12.1. The number of benzene rings is 2. The number of carbonyl (C=O) groups excluding carboxylic acids is 2. The molecule has 0 aliphatic heterocycles. The molecule has 126 valence electrons. The van der Waals surface area contributed by atoms with Gasteiger partial charge in [0.1, 0.15) is 6.54 Å². The maximum atomic E-state index is 12.1. The van der Waals surface area contributed by atoms with Gasteiger partial charge in [-0.05, 0) is 17.7 Å². The normalized spacial score (nSPS) is 10.4. The van der Waals surface area contributed by atoms with Crippen molar-refractivity contribution in [3.8, 4) is 0 Å². The lowest BCUT2D eigenvalue weighted by molar-refractivity contribution is -0.120. The van der Waals surface area contributed by atoms with Crippen molar-refractivity contribution in [3.05, 3.63) is 76.7 Å². The molecule has 3 aromatic rings. The first-order chi connectivity index (χ1) is 12.1. The van der Waals surface area contributed by atoms with E-state index in [1.165, 1.54) is 4.57 Å². The van der Waals surface area contributed by atoms with E-state index < -0.39 is 17.5 Å². The van der Waals surface area contributed by atoms with Crippen molar-refractivity contribution in [2.45, 2.75) is 13.1 Å². The van der Waals surface area contributed by atoms with Crippen LogP contribution in [-0.4, -0.2) is 21.5 Å². The highest BCUT2D eigenvalue weighted by Crippen LogP contribution is 2.07. The molecule has 1 heterocycles. The van der Waals surface area contributed by atoms with Gasteiger partial charge in [0.25, 0.3) is 5.56 Å². The summed E-state index contributed by atoms with van der Waals surface area (Å²) in [5.41, 5.74) is 1.65. The molecule has 7 nitrogen and oxygen atoms in total. The smallest absolute Gasteiger partial charge is 0.321 e. The zero-order valence-electron chi connectivity index (χ0n) is 13.3. The van der Waals surface area contributed by atoms with E-state index in [0.29, 0.717) is 17.6 Å². The van der Waals surface area contributed by atoms with Crippen LogP contribution < -0.4 is 16.2 Å². The summed E-state index contributed by atoms with van der Waals surface area (Å²) in [7, 11) is 0. The molecule has 2 aromatic carbocycles. The van der Waals surface area contributed by atoms with Crippen molar-refractivity contribution < 1.29 is 9.59 Å². The first kappa shape index (κ1) is 16.4. The van der Waals surface area contributed by atoms with Gasteiger partial charge in [0.2, 0.25) is 5.91 Å². The van der Waals surface area contributed by atoms with E-state index in [-0.39, 0.29) is 6.54 Å². The number of para-hydroxylation sites is 2. The lowest BCUT2D eigenvalue weighted by atomic mass is 10.2. The van der Waals surface area contributed by atoms with E-state index in [2.05, 4.69) is 15.6 Å². The van der Waals surface area contributed by atoms with Crippen LogP contribution in [0.15, 0.2) is 65.6 Å². The van der Waals surface area contributed by atoms with Crippen molar-refractivity contribution in [1.82, 2.24) is 20.2 Å². The molecule has 0 saturated heterocycles. The van der Waals surface area contributed by atoms with Crippen molar-refractivity contribution in [2.24, 2.45) is 0 Å². The second-order valence-corrected chi connectivity index (χ2v) is 5.39. The minimum atomic E-state index is -0.611. The number of carbonyl (C=O) groups is 2. The fourth-order valence-electron chi connectivity index (χ4n) is 2.41. The first-order valence-electron chi connectivity index (χ1n) is 7.69. The Morgan fingerprint density at radius 3 is 2.52 bits per heavy atom. The summed E-state index contributed by atoms with van der Waals surface area (Å²) in [6, 6.07) is 15.7. The van der Waals surface area contributed by atoms with Crippen molar-refractivity contribution in [3.63, 3.8) is 0 Å². The van der Waals surface area contributed by atoms with E-state index in [1.807, 2.05) is 30.3 Å². The molecular weight excluding hydrogens is 320 g/mol. The van der Waals surface area contributed by atoms with Gasteiger partial charge >= 0.3 is 6.03 Å². The van der Waals surface area contributed by atoms with Crippen LogP contribution in [0.2, 0.25) is 0 Å². The molecule has 0 aliphatic carbocycles. The van der Waals surface area contributed by atoms with Gasteiger partial charge in [0, 0.05) is 6.54 Å².